The number of aliphatic hydroxyl groups excluding tert-OH is 1. The van der Waals surface area contributed by atoms with Crippen LogP contribution in [0.3, 0.4) is 0 Å². The zero-order valence-electron chi connectivity index (χ0n) is 15.3. The largest absolute Gasteiger partial charge is 0.389 e. The molecular formula is C19H17N7OS. The summed E-state index contributed by atoms with van der Waals surface area (Å²) in [7, 11) is 0. The van der Waals surface area contributed by atoms with E-state index < -0.39 is 0 Å². The van der Waals surface area contributed by atoms with Crippen molar-refractivity contribution in [3.8, 4) is 28.0 Å². The lowest BCUT2D eigenvalue weighted by atomic mass is 10.1. The molecule has 4 aromatic heterocycles. The molecule has 4 rings (SSSR count). The highest BCUT2D eigenvalue weighted by molar-refractivity contribution is 7.14. The van der Waals surface area contributed by atoms with Crippen molar-refractivity contribution in [2.24, 2.45) is 0 Å². The van der Waals surface area contributed by atoms with Gasteiger partial charge >= 0.3 is 0 Å². The predicted molar refractivity (Wildman–Crippen MR) is 107 cm³/mol. The zero-order valence-corrected chi connectivity index (χ0v) is 16.1. The van der Waals surface area contributed by atoms with Gasteiger partial charge in [0.15, 0.2) is 5.01 Å². The topological polar surface area (TPSA) is 112 Å². The molecule has 140 valence electrons. The third-order valence-corrected chi connectivity index (χ3v) is 5.01. The van der Waals surface area contributed by atoms with Crippen molar-refractivity contribution in [2.75, 3.05) is 5.32 Å². The first-order valence-corrected chi connectivity index (χ1v) is 9.49. The second-order valence-corrected chi connectivity index (χ2v) is 7.55. The molecule has 4 aromatic rings. The molecule has 2 N–H and O–H groups in total. The number of rotatable bonds is 5. The molecule has 0 aliphatic heterocycles. The molecule has 0 fully saturated rings. The highest BCUT2D eigenvalue weighted by atomic mass is 32.1. The average molecular weight is 391 g/mol. The summed E-state index contributed by atoms with van der Waals surface area (Å²) in [6, 6.07) is 9.89. The normalized spacial score (nSPS) is 11.1. The lowest BCUT2D eigenvalue weighted by molar-refractivity contribution is 0.280. The van der Waals surface area contributed by atoms with Crippen LogP contribution in [0.25, 0.3) is 27.5 Å². The fourth-order valence-corrected chi connectivity index (χ4v) is 3.60. The van der Waals surface area contributed by atoms with Crippen LogP contribution in [0.1, 0.15) is 24.4 Å². The summed E-state index contributed by atoms with van der Waals surface area (Å²) in [5.41, 5.74) is 4.62. The van der Waals surface area contributed by atoms with Gasteiger partial charge in [-0.1, -0.05) is 11.3 Å². The number of hydrogen-bond donors (Lipinski definition) is 2. The Morgan fingerprint density at radius 1 is 1.25 bits per heavy atom. The molecule has 0 atom stereocenters. The lowest BCUT2D eigenvalue weighted by Gasteiger charge is -2.14. The molecule has 4 heterocycles. The molecule has 0 spiro atoms. The predicted octanol–water partition coefficient (Wildman–Crippen LogP) is 3.10. The Balaban J connectivity index is 1.82. The Kier molecular flexibility index (Phi) is 4.73. The minimum absolute atomic E-state index is 0.136. The van der Waals surface area contributed by atoms with Gasteiger partial charge in [0.25, 0.3) is 0 Å². The number of aromatic nitrogens is 5. The molecular weight excluding hydrogens is 374 g/mol. The van der Waals surface area contributed by atoms with E-state index in [1.165, 1.54) is 17.5 Å². The van der Waals surface area contributed by atoms with E-state index in [9.17, 15) is 5.11 Å². The van der Waals surface area contributed by atoms with Gasteiger partial charge in [0.1, 0.15) is 11.1 Å². The van der Waals surface area contributed by atoms with Crippen LogP contribution in [0.4, 0.5) is 5.69 Å². The van der Waals surface area contributed by atoms with E-state index in [4.69, 9.17) is 5.26 Å². The number of aliphatic hydroxyl groups is 1. The summed E-state index contributed by atoms with van der Waals surface area (Å²) in [5.74, 6) is 0. The summed E-state index contributed by atoms with van der Waals surface area (Å²) in [5, 5.41) is 35.5. The van der Waals surface area contributed by atoms with E-state index in [-0.39, 0.29) is 12.6 Å². The van der Waals surface area contributed by atoms with Gasteiger partial charge in [0.2, 0.25) is 0 Å². The molecule has 8 nitrogen and oxygen atoms in total. The number of anilines is 1. The Morgan fingerprint density at radius 2 is 2.11 bits per heavy atom. The summed E-state index contributed by atoms with van der Waals surface area (Å²) in [4.78, 5) is 4.60. The van der Waals surface area contributed by atoms with Crippen LogP contribution in [0.2, 0.25) is 0 Å². The molecule has 9 heteroatoms. The van der Waals surface area contributed by atoms with Crippen molar-refractivity contribution in [1.82, 2.24) is 24.8 Å². The van der Waals surface area contributed by atoms with Gasteiger partial charge in [-0.05, 0) is 38.1 Å². The van der Waals surface area contributed by atoms with Crippen molar-refractivity contribution >= 4 is 22.5 Å². The highest BCUT2D eigenvalue weighted by Crippen LogP contribution is 2.33. The van der Waals surface area contributed by atoms with Crippen molar-refractivity contribution < 1.29 is 5.11 Å². The quantitative estimate of drug-likeness (QED) is 0.537. The maximum absolute atomic E-state index is 9.27. The first kappa shape index (κ1) is 18.0. The van der Waals surface area contributed by atoms with E-state index in [1.54, 1.807) is 16.8 Å². The van der Waals surface area contributed by atoms with E-state index in [0.717, 1.165) is 28.2 Å². The first-order valence-electron chi connectivity index (χ1n) is 8.67. The smallest absolute Gasteiger partial charge is 0.151 e. The standard InChI is InChI=1S/C19H17N7OS/c1-11(2)23-15-6-16(21-9-14(15)19-25-24-18(10-27)28-19)17-4-3-13-5-12(7-20)8-22-26(13)17/h3-6,8-9,11,27H,10H2,1-2H3,(H,21,23). The summed E-state index contributed by atoms with van der Waals surface area (Å²) in [6.45, 7) is 3.98. The van der Waals surface area contributed by atoms with Gasteiger partial charge in [-0.25, -0.2) is 4.52 Å². The van der Waals surface area contributed by atoms with Gasteiger partial charge in [0, 0.05) is 17.9 Å². The Bertz CT molecular complexity index is 1190. The fourth-order valence-electron chi connectivity index (χ4n) is 2.88. The molecule has 0 radical (unpaired) electrons. The molecule has 0 saturated carbocycles. The Morgan fingerprint density at radius 3 is 2.82 bits per heavy atom. The van der Waals surface area contributed by atoms with Crippen LogP contribution in [0.15, 0.2) is 36.7 Å². The van der Waals surface area contributed by atoms with Crippen LogP contribution in [0, 0.1) is 11.3 Å². The van der Waals surface area contributed by atoms with E-state index in [2.05, 4.69) is 45.5 Å². The van der Waals surface area contributed by atoms with Gasteiger partial charge < -0.3 is 10.4 Å². The first-order chi connectivity index (χ1) is 13.6. The summed E-state index contributed by atoms with van der Waals surface area (Å²) >= 11 is 1.34. The zero-order chi connectivity index (χ0) is 19.7. The lowest BCUT2D eigenvalue weighted by Crippen LogP contribution is -2.11. The highest BCUT2D eigenvalue weighted by Gasteiger charge is 2.16. The Labute approximate surface area is 165 Å². The third kappa shape index (κ3) is 3.31. The van der Waals surface area contributed by atoms with Gasteiger partial charge in [-0.2, -0.15) is 10.4 Å². The monoisotopic (exact) mass is 391 g/mol. The summed E-state index contributed by atoms with van der Waals surface area (Å²) in [6.07, 6.45) is 3.29. The van der Waals surface area contributed by atoms with Gasteiger partial charge in [0.05, 0.1) is 40.8 Å². The number of pyridine rings is 1. The van der Waals surface area contributed by atoms with Crippen molar-refractivity contribution in [2.45, 2.75) is 26.5 Å². The minimum Gasteiger partial charge on any atom is -0.389 e. The van der Waals surface area contributed by atoms with Gasteiger partial charge in [-0.3, -0.25) is 4.98 Å². The Hall–Kier alpha value is -3.35. The maximum atomic E-state index is 9.27. The minimum atomic E-state index is -0.136. The third-order valence-electron chi connectivity index (χ3n) is 4.07. The number of nitrogens with zero attached hydrogens (tertiary/aromatic N) is 6. The molecule has 0 aliphatic carbocycles. The molecule has 28 heavy (non-hydrogen) atoms. The van der Waals surface area contributed by atoms with Crippen molar-refractivity contribution in [3.05, 3.63) is 47.2 Å². The van der Waals surface area contributed by atoms with Crippen LogP contribution >= 0.6 is 11.3 Å². The summed E-state index contributed by atoms with van der Waals surface area (Å²) < 4.78 is 1.76. The van der Waals surface area contributed by atoms with Crippen molar-refractivity contribution in [3.63, 3.8) is 0 Å². The SMILES string of the molecule is CC(C)Nc1cc(-c2ccc3cc(C#N)cnn23)ncc1-c1nnc(CO)s1. The molecule has 0 amide bonds. The molecule has 0 aliphatic rings. The number of fused-ring (bicyclic) bond motifs is 1. The van der Waals surface area contributed by atoms with E-state index in [0.29, 0.717) is 15.6 Å². The van der Waals surface area contributed by atoms with E-state index >= 15 is 0 Å². The van der Waals surface area contributed by atoms with Crippen LogP contribution in [-0.2, 0) is 6.61 Å². The number of hydrogen-bond acceptors (Lipinski definition) is 8. The maximum Gasteiger partial charge on any atom is 0.151 e. The molecule has 0 bridgehead atoms. The number of nitrogens with one attached hydrogen (secondary N) is 1. The second-order valence-electron chi connectivity index (χ2n) is 6.48. The average Bonchev–Trinajstić information content (AvgIpc) is 3.33. The van der Waals surface area contributed by atoms with E-state index in [1.807, 2.05) is 18.2 Å². The molecule has 0 unspecified atom stereocenters. The van der Waals surface area contributed by atoms with Gasteiger partial charge in [-0.15, -0.1) is 10.2 Å². The molecule has 0 saturated heterocycles. The molecule has 0 aromatic carbocycles. The van der Waals surface area contributed by atoms with Crippen LogP contribution in [0.5, 0.6) is 0 Å². The number of nitriles is 1. The second kappa shape index (κ2) is 7.34. The van der Waals surface area contributed by atoms with Crippen molar-refractivity contribution in [1.29, 1.82) is 5.26 Å². The van der Waals surface area contributed by atoms with Crippen LogP contribution < -0.4 is 5.32 Å². The van der Waals surface area contributed by atoms with Crippen LogP contribution in [-0.4, -0.2) is 35.9 Å². The fraction of sp³-hybridized carbons (Fsp3) is 0.211.